The number of hydrogen-bond acceptors (Lipinski definition) is 4. The first kappa shape index (κ1) is 16.0. The summed E-state index contributed by atoms with van der Waals surface area (Å²) in [6.07, 6.45) is 0.809. The van der Waals surface area contributed by atoms with Crippen LogP contribution in [0.4, 0.5) is 10.6 Å². The smallest absolute Gasteiger partial charge is 0.416 e. The topological polar surface area (TPSA) is 76.5 Å². The zero-order valence-corrected chi connectivity index (χ0v) is 13.9. The van der Waals surface area contributed by atoms with E-state index >= 15 is 0 Å². The van der Waals surface area contributed by atoms with E-state index < -0.39 is 6.09 Å². The van der Waals surface area contributed by atoms with Crippen molar-refractivity contribution in [3.8, 4) is 0 Å². The van der Waals surface area contributed by atoms with Gasteiger partial charge in [-0.25, -0.2) is 4.79 Å². The quantitative estimate of drug-likeness (QED) is 0.928. The molecule has 126 valence electrons. The molecule has 0 saturated carbocycles. The highest BCUT2D eigenvalue weighted by Crippen LogP contribution is 2.20. The number of aryl methyl sites for hydroxylation is 3. The van der Waals surface area contributed by atoms with E-state index in [0.717, 1.165) is 11.1 Å². The molecule has 0 radical (unpaired) electrons. The van der Waals surface area contributed by atoms with Crippen LogP contribution in [0, 0.1) is 13.8 Å². The summed E-state index contributed by atoms with van der Waals surface area (Å²) in [5, 5.41) is 6.89. The standard InChI is InChI=1S/C17H20N4O3/c1-11-4-5-14(12(2)8-11)16(22)18-9-13-10-21(17(23)24-13)15-6-7-19-20(15)3/h4-8,13H,9-10H2,1-3H3,(H,18,22). The Balaban J connectivity index is 1.60. The minimum Gasteiger partial charge on any atom is -0.442 e. The Morgan fingerprint density at radius 3 is 2.83 bits per heavy atom. The third-order valence-electron chi connectivity index (χ3n) is 4.06. The van der Waals surface area contributed by atoms with Gasteiger partial charge < -0.3 is 10.1 Å². The Bertz CT molecular complexity index is 784. The van der Waals surface area contributed by atoms with Gasteiger partial charge in [0.25, 0.3) is 5.91 Å². The van der Waals surface area contributed by atoms with Crippen LogP contribution in [0.2, 0.25) is 0 Å². The van der Waals surface area contributed by atoms with E-state index in [1.807, 2.05) is 32.0 Å². The van der Waals surface area contributed by atoms with E-state index in [9.17, 15) is 9.59 Å². The number of aromatic nitrogens is 2. The second-order valence-corrected chi connectivity index (χ2v) is 5.96. The molecular formula is C17H20N4O3. The van der Waals surface area contributed by atoms with Gasteiger partial charge in [-0.3, -0.25) is 14.4 Å². The minimum atomic E-state index is -0.427. The molecular weight excluding hydrogens is 308 g/mol. The number of nitrogens with zero attached hydrogens (tertiary/aromatic N) is 3. The van der Waals surface area contributed by atoms with Gasteiger partial charge in [0.2, 0.25) is 0 Å². The molecule has 0 bridgehead atoms. The predicted octanol–water partition coefficient (Wildman–Crippen LogP) is 1.79. The second-order valence-electron chi connectivity index (χ2n) is 5.96. The first-order valence-corrected chi connectivity index (χ1v) is 7.77. The molecule has 7 heteroatoms. The Morgan fingerprint density at radius 1 is 1.38 bits per heavy atom. The molecule has 1 aliphatic rings. The van der Waals surface area contributed by atoms with Crippen molar-refractivity contribution in [3.63, 3.8) is 0 Å². The number of ether oxygens (including phenoxy) is 1. The summed E-state index contributed by atoms with van der Waals surface area (Å²) in [6.45, 7) is 4.54. The molecule has 1 N–H and O–H groups in total. The molecule has 1 atom stereocenters. The summed E-state index contributed by atoms with van der Waals surface area (Å²) in [5.41, 5.74) is 2.67. The maximum Gasteiger partial charge on any atom is 0.416 e. The van der Waals surface area contributed by atoms with Crippen LogP contribution in [0.15, 0.2) is 30.5 Å². The number of cyclic esters (lactones) is 1. The molecule has 1 fully saturated rings. The Labute approximate surface area is 140 Å². The fourth-order valence-corrected chi connectivity index (χ4v) is 2.82. The Kier molecular flexibility index (Phi) is 4.24. The molecule has 1 saturated heterocycles. The third-order valence-corrected chi connectivity index (χ3v) is 4.06. The van der Waals surface area contributed by atoms with E-state index in [1.54, 1.807) is 24.0 Å². The van der Waals surface area contributed by atoms with E-state index in [-0.39, 0.29) is 18.6 Å². The predicted molar refractivity (Wildman–Crippen MR) is 89.1 cm³/mol. The fraction of sp³-hybridized carbons (Fsp3) is 0.353. The lowest BCUT2D eigenvalue weighted by Gasteiger charge is -2.13. The highest BCUT2D eigenvalue weighted by Gasteiger charge is 2.34. The molecule has 3 rings (SSSR count). The van der Waals surface area contributed by atoms with Gasteiger partial charge in [-0.15, -0.1) is 0 Å². The molecule has 24 heavy (non-hydrogen) atoms. The van der Waals surface area contributed by atoms with Crippen LogP contribution < -0.4 is 10.2 Å². The summed E-state index contributed by atoms with van der Waals surface area (Å²) < 4.78 is 6.93. The molecule has 1 aromatic carbocycles. The van der Waals surface area contributed by atoms with Crippen molar-refractivity contribution in [1.82, 2.24) is 15.1 Å². The lowest BCUT2D eigenvalue weighted by Crippen LogP contribution is -2.35. The monoisotopic (exact) mass is 328 g/mol. The minimum absolute atomic E-state index is 0.164. The summed E-state index contributed by atoms with van der Waals surface area (Å²) >= 11 is 0. The van der Waals surface area contributed by atoms with Crippen LogP contribution in [-0.4, -0.2) is 41.0 Å². The summed E-state index contributed by atoms with van der Waals surface area (Å²) in [7, 11) is 1.76. The van der Waals surface area contributed by atoms with Crippen LogP contribution in [0.1, 0.15) is 21.5 Å². The normalized spacial score (nSPS) is 17.0. The molecule has 2 aromatic rings. The van der Waals surface area contributed by atoms with Crippen LogP contribution in [0.3, 0.4) is 0 Å². The summed E-state index contributed by atoms with van der Waals surface area (Å²) in [4.78, 5) is 25.8. The van der Waals surface area contributed by atoms with Gasteiger partial charge in [0.05, 0.1) is 19.3 Å². The number of benzene rings is 1. The molecule has 7 nitrogen and oxygen atoms in total. The van der Waals surface area contributed by atoms with Crippen LogP contribution in [0.5, 0.6) is 0 Å². The first-order valence-electron chi connectivity index (χ1n) is 7.77. The van der Waals surface area contributed by atoms with Gasteiger partial charge in [-0.05, 0) is 25.5 Å². The molecule has 1 aliphatic heterocycles. The highest BCUT2D eigenvalue weighted by atomic mass is 16.6. The molecule has 1 aromatic heterocycles. The van der Waals surface area contributed by atoms with Crippen molar-refractivity contribution in [2.75, 3.05) is 18.0 Å². The van der Waals surface area contributed by atoms with Gasteiger partial charge in [-0.1, -0.05) is 17.7 Å². The SMILES string of the molecule is Cc1ccc(C(=O)NCC2CN(c3ccnn3C)C(=O)O2)c(C)c1. The van der Waals surface area contributed by atoms with Crippen molar-refractivity contribution in [2.45, 2.75) is 20.0 Å². The zero-order chi connectivity index (χ0) is 17.3. The van der Waals surface area contributed by atoms with E-state index in [0.29, 0.717) is 17.9 Å². The van der Waals surface area contributed by atoms with E-state index in [2.05, 4.69) is 10.4 Å². The fourth-order valence-electron chi connectivity index (χ4n) is 2.82. The van der Waals surface area contributed by atoms with Crippen LogP contribution >= 0.6 is 0 Å². The number of anilines is 1. The van der Waals surface area contributed by atoms with Gasteiger partial charge in [0.15, 0.2) is 0 Å². The lowest BCUT2D eigenvalue weighted by molar-refractivity contribution is 0.0915. The number of carbonyl (C=O) groups is 2. The zero-order valence-electron chi connectivity index (χ0n) is 13.9. The van der Waals surface area contributed by atoms with Crippen molar-refractivity contribution in [2.24, 2.45) is 7.05 Å². The maximum atomic E-state index is 12.3. The number of carbonyl (C=O) groups excluding carboxylic acids is 2. The van der Waals surface area contributed by atoms with E-state index in [1.165, 1.54) is 4.90 Å². The summed E-state index contributed by atoms with van der Waals surface area (Å²) in [6, 6.07) is 7.43. The molecule has 2 heterocycles. The van der Waals surface area contributed by atoms with Crippen molar-refractivity contribution >= 4 is 17.8 Å². The van der Waals surface area contributed by atoms with Gasteiger partial charge in [0.1, 0.15) is 11.9 Å². The average molecular weight is 328 g/mol. The number of nitrogens with one attached hydrogen (secondary N) is 1. The van der Waals surface area contributed by atoms with Crippen LogP contribution in [0.25, 0.3) is 0 Å². The average Bonchev–Trinajstić information content (AvgIpc) is 3.10. The molecule has 0 aliphatic carbocycles. The van der Waals surface area contributed by atoms with Crippen LogP contribution in [-0.2, 0) is 11.8 Å². The molecule has 0 spiro atoms. The largest absolute Gasteiger partial charge is 0.442 e. The summed E-state index contributed by atoms with van der Waals surface area (Å²) in [5.74, 6) is 0.505. The third kappa shape index (κ3) is 3.10. The second kappa shape index (κ2) is 6.35. The first-order chi connectivity index (χ1) is 11.5. The Morgan fingerprint density at radius 2 is 2.17 bits per heavy atom. The molecule has 2 amide bonds. The van der Waals surface area contributed by atoms with Gasteiger partial charge >= 0.3 is 6.09 Å². The number of rotatable bonds is 4. The van der Waals surface area contributed by atoms with Crippen molar-refractivity contribution in [1.29, 1.82) is 0 Å². The maximum absolute atomic E-state index is 12.3. The van der Waals surface area contributed by atoms with Crippen molar-refractivity contribution < 1.29 is 14.3 Å². The number of amides is 2. The highest BCUT2D eigenvalue weighted by molar-refractivity contribution is 5.95. The molecule has 1 unspecified atom stereocenters. The Hall–Kier alpha value is -2.83. The number of hydrogen-bond donors (Lipinski definition) is 1. The van der Waals surface area contributed by atoms with Crippen molar-refractivity contribution in [3.05, 3.63) is 47.2 Å². The van der Waals surface area contributed by atoms with E-state index in [4.69, 9.17) is 4.74 Å². The van der Waals surface area contributed by atoms with Gasteiger partial charge in [0, 0.05) is 18.7 Å². The van der Waals surface area contributed by atoms with Gasteiger partial charge in [-0.2, -0.15) is 5.10 Å². The lowest BCUT2D eigenvalue weighted by atomic mass is 10.1.